The molecule has 0 bridgehead atoms. The van der Waals surface area contributed by atoms with Crippen molar-refractivity contribution in [3.63, 3.8) is 0 Å². The van der Waals surface area contributed by atoms with E-state index in [1.54, 1.807) is 0 Å². The highest BCUT2D eigenvalue weighted by molar-refractivity contribution is 8.76. The smallest absolute Gasteiger partial charge is 0.0373 e. The van der Waals surface area contributed by atoms with Crippen LogP contribution >= 0.6 is 21.6 Å². The zero-order valence-electron chi connectivity index (χ0n) is 27.7. The van der Waals surface area contributed by atoms with Crippen molar-refractivity contribution in [3.05, 3.63) is 167 Å². The third-order valence-electron chi connectivity index (χ3n) is 9.02. The quantitative estimate of drug-likeness (QED) is 0.145. The molecular weight excluding hydrogens is 593 g/mol. The third-order valence-corrected chi connectivity index (χ3v) is 12.3. The van der Waals surface area contributed by atoms with Crippen LogP contribution in [-0.4, -0.2) is 0 Å². The van der Waals surface area contributed by atoms with Crippen molar-refractivity contribution >= 4 is 21.6 Å². The topological polar surface area (TPSA) is 0 Å². The largest absolute Gasteiger partial charge is 0.0856 e. The first-order valence-corrected chi connectivity index (χ1v) is 18.4. The molecule has 6 aromatic rings. The third kappa shape index (κ3) is 7.04. The van der Waals surface area contributed by atoms with Gasteiger partial charge in [-0.3, -0.25) is 0 Å². The van der Waals surface area contributed by atoms with Crippen molar-refractivity contribution in [2.75, 3.05) is 0 Å². The van der Waals surface area contributed by atoms with Crippen molar-refractivity contribution in [2.45, 2.75) is 52.0 Å². The monoisotopic (exact) mass is 634 g/mol. The maximum Gasteiger partial charge on any atom is 0.0373 e. The van der Waals surface area contributed by atoms with Gasteiger partial charge in [0.2, 0.25) is 0 Å². The lowest BCUT2D eigenvalue weighted by atomic mass is 9.92. The van der Waals surface area contributed by atoms with E-state index in [0.717, 1.165) is 0 Å². The van der Waals surface area contributed by atoms with E-state index >= 15 is 0 Å². The minimum atomic E-state index is 0.314. The average Bonchev–Trinajstić information content (AvgIpc) is 3.07. The van der Waals surface area contributed by atoms with E-state index in [0.29, 0.717) is 10.5 Å². The Morgan fingerprint density at radius 1 is 0.348 bits per heavy atom. The second kappa shape index (κ2) is 14.2. The van der Waals surface area contributed by atoms with E-state index in [-0.39, 0.29) is 0 Å². The van der Waals surface area contributed by atoms with Crippen molar-refractivity contribution in [1.29, 1.82) is 0 Å². The molecule has 0 unspecified atom stereocenters. The first-order chi connectivity index (χ1) is 22.3. The first-order valence-electron chi connectivity index (χ1n) is 16.1. The van der Waals surface area contributed by atoms with Crippen LogP contribution in [-0.2, 0) is 0 Å². The van der Waals surface area contributed by atoms with Gasteiger partial charge in [0.15, 0.2) is 0 Å². The predicted octanol–water partition coefficient (Wildman–Crippen LogP) is 13.8. The molecule has 2 heteroatoms. The van der Waals surface area contributed by atoms with Gasteiger partial charge in [0.25, 0.3) is 0 Å². The Kier molecular flexibility index (Phi) is 9.87. The summed E-state index contributed by atoms with van der Waals surface area (Å²) in [5, 5.41) is 0.629. The molecule has 0 aliphatic heterocycles. The van der Waals surface area contributed by atoms with E-state index in [1.807, 2.05) is 21.6 Å². The molecule has 0 N–H and O–H groups in total. The molecule has 0 radical (unpaired) electrons. The van der Waals surface area contributed by atoms with Crippen LogP contribution in [0, 0.1) is 27.7 Å². The number of aryl methyl sites for hydroxylation is 4. The zero-order chi connectivity index (χ0) is 32.2. The van der Waals surface area contributed by atoms with Crippen LogP contribution in [0.2, 0.25) is 0 Å². The lowest BCUT2D eigenvalue weighted by Gasteiger charge is -2.20. The molecule has 0 saturated heterocycles. The molecule has 0 aliphatic carbocycles. The van der Waals surface area contributed by atoms with Gasteiger partial charge in [-0.2, -0.15) is 0 Å². The van der Waals surface area contributed by atoms with Gasteiger partial charge in [0.05, 0.1) is 0 Å². The second-order valence-corrected chi connectivity index (χ2v) is 15.4. The molecule has 0 aliphatic rings. The molecule has 0 aromatic heterocycles. The van der Waals surface area contributed by atoms with Crippen molar-refractivity contribution in [1.82, 2.24) is 0 Å². The lowest BCUT2D eigenvalue weighted by molar-refractivity contribution is 1.10. The maximum atomic E-state index is 2.40. The Morgan fingerprint density at radius 3 is 0.826 bits per heavy atom. The van der Waals surface area contributed by atoms with E-state index in [4.69, 9.17) is 0 Å². The fraction of sp³-hybridized carbons (Fsp3) is 0.182. The number of rotatable bonds is 9. The molecule has 0 nitrogen and oxygen atoms in total. The summed E-state index contributed by atoms with van der Waals surface area (Å²) in [5.74, 6) is 0. The summed E-state index contributed by atoms with van der Waals surface area (Å²) in [5.41, 5.74) is 18.3. The molecular formula is C44H42S2. The second-order valence-electron chi connectivity index (χ2n) is 12.4. The summed E-state index contributed by atoms with van der Waals surface area (Å²) in [6, 6.07) is 49.3. The molecule has 0 amide bonds. The standard InChI is InChI=1S/C44H42S2/c1-29-15-7-11-19-41(29)37-23-35(24-38(27-37)42-20-12-8-16-30(42)2)33(5)45-46-34(6)36-25-39(43-21-13-9-17-31(43)3)28-40(26-36)44-22-14-10-18-32(44)4/h7-28,33-34H,1-6H3/t33-,34-/m1/s1. The van der Waals surface area contributed by atoms with Gasteiger partial charge in [0, 0.05) is 10.5 Å². The Morgan fingerprint density at radius 2 is 0.587 bits per heavy atom. The highest BCUT2D eigenvalue weighted by Crippen LogP contribution is 2.48. The Bertz CT molecular complexity index is 1710. The summed E-state index contributed by atoms with van der Waals surface area (Å²) in [6.45, 7) is 13.5. The zero-order valence-corrected chi connectivity index (χ0v) is 29.3. The van der Waals surface area contributed by atoms with Gasteiger partial charge in [-0.25, -0.2) is 0 Å². The number of hydrogen-bond acceptors (Lipinski definition) is 2. The Hall–Kier alpha value is -3.98. The van der Waals surface area contributed by atoms with Crippen LogP contribution in [0.15, 0.2) is 133 Å². The molecule has 6 aromatic carbocycles. The van der Waals surface area contributed by atoms with E-state index < -0.39 is 0 Å². The molecule has 230 valence electrons. The van der Waals surface area contributed by atoms with Crippen molar-refractivity contribution in [2.24, 2.45) is 0 Å². The highest BCUT2D eigenvalue weighted by atomic mass is 33.1. The van der Waals surface area contributed by atoms with Crippen molar-refractivity contribution < 1.29 is 0 Å². The Labute approximate surface area is 283 Å². The summed E-state index contributed by atoms with van der Waals surface area (Å²) >= 11 is 0. The van der Waals surface area contributed by atoms with Crippen molar-refractivity contribution in [3.8, 4) is 44.5 Å². The summed E-state index contributed by atoms with van der Waals surface area (Å²) in [6.07, 6.45) is 0. The fourth-order valence-electron chi connectivity index (χ4n) is 6.26. The van der Waals surface area contributed by atoms with Crippen LogP contribution in [0.3, 0.4) is 0 Å². The van der Waals surface area contributed by atoms with Gasteiger partial charge < -0.3 is 0 Å². The normalized spacial score (nSPS) is 12.6. The molecule has 0 saturated carbocycles. The summed E-state index contributed by atoms with van der Waals surface area (Å²) < 4.78 is 0. The van der Waals surface area contributed by atoms with Crippen LogP contribution in [0.1, 0.15) is 57.7 Å². The van der Waals surface area contributed by atoms with E-state index in [9.17, 15) is 0 Å². The number of hydrogen-bond donors (Lipinski definition) is 0. The van der Waals surface area contributed by atoms with Gasteiger partial charge >= 0.3 is 0 Å². The summed E-state index contributed by atoms with van der Waals surface area (Å²) in [4.78, 5) is 0. The van der Waals surface area contributed by atoms with Gasteiger partial charge in [-0.15, -0.1) is 0 Å². The molecule has 0 spiro atoms. The average molecular weight is 635 g/mol. The minimum absolute atomic E-state index is 0.314. The predicted molar refractivity (Wildman–Crippen MR) is 206 cm³/mol. The van der Waals surface area contributed by atoms with Crippen LogP contribution in [0.5, 0.6) is 0 Å². The van der Waals surface area contributed by atoms with Gasteiger partial charge in [-0.05, 0) is 156 Å². The lowest BCUT2D eigenvalue weighted by Crippen LogP contribution is -1.95. The highest BCUT2D eigenvalue weighted by Gasteiger charge is 2.18. The maximum absolute atomic E-state index is 2.40. The van der Waals surface area contributed by atoms with E-state index in [2.05, 4.69) is 175 Å². The molecule has 0 fully saturated rings. The molecule has 0 heterocycles. The van der Waals surface area contributed by atoms with Gasteiger partial charge in [0.1, 0.15) is 0 Å². The number of benzene rings is 6. The Balaban J connectivity index is 1.33. The molecule has 2 atom stereocenters. The minimum Gasteiger partial charge on any atom is -0.0856 e. The van der Waals surface area contributed by atoms with Crippen LogP contribution in [0.4, 0.5) is 0 Å². The van der Waals surface area contributed by atoms with Crippen LogP contribution < -0.4 is 0 Å². The molecule has 46 heavy (non-hydrogen) atoms. The molecule has 6 rings (SSSR count). The first kappa shape index (κ1) is 32.0. The van der Waals surface area contributed by atoms with E-state index in [1.165, 1.54) is 77.9 Å². The fourth-order valence-corrected chi connectivity index (χ4v) is 8.75. The van der Waals surface area contributed by atoms with Gasteiger partial charge in [-0.1, -0.05) is 119 Å². The van der Waals surface area contributed by atoms with Crippen LogP contribution in [0.25, 0.3) is 44.5 Å². The SMILES string of the molecule is Cc1ccccc1-c1cc(-c2ccccc2C)cc([C@@H](C)SS[C@H](C)c2cc(-c3ccccc3C)cc(-c3ccccc3C)c2)c1. The summed E-state index contributed by atoms with van der Waals surface area (Å²) in [7, 11) is 3.95.